The number of ether oxygens (including phenoxy) is 1. The minimum Gasteiger partial charge on any atom is -0.425 e. The van der Waals surface area contributed by atoms with Crippen molar-refractivity contribution in [1.29, 1.82) is 0 Å². The average molecular weight is 239 g/mol. The Kier molecular flexibility index (Phi) is 4.94. The molecule has 1 fully saturated rings. The third kappa shape index (κ3) is 4.09. The van der Waals surface area contributed by atoms with Gasteiger partial charge in [0.1, 0.15) is 0 Å². The highest BCUT2D eigenvalue weighted by Gasteiger charge is 2.15. The normalized spacial score (nSPS) is 20.6. The van der Waals surface area contributed by atoms with Gasteiger partial charge in [-0.05, 0) is 38.6 Å². The van der Waals surface area contributed by atoms with Crippen molar-refractivity contribution in [3.63, 3.8) is 0 Å². The van der Waals surface area contributed by atoms with E-state index >= 15 is 0 Å². The number of rotatable bonds is 6. The van der Waals surface area contributed by atoms with Crippen molar-refractivity contribution < 1.29 is 9.15 Å². The van der Waals surface area contributed by atoms with Crippen LogP contribution in [0.1, 0.15) is 43.9 Å². The molecule has 2 N–H and O–H groups in total. The minimum atomic E-state index is 0.378. The summed E-state index contributed by atoms with van der Waals surface area (Å²) in [5, 5.41) is 8.04. The first kappa shape index (κ1) is 12.5. The van der Waals surface area contributed by atoms with Crippen LogP contribution < -0.4 is 5.73 Å². The first-order chi connectivity index (χ1) is 8.38. The van der Waals surface area contributed by atoms with Gasteiger partial charge in [0.2, 0.25) is 11.8 Å². The minimum absolute atomic E-state index is 0.378. The lowest BCUT2D eigenvalue weighted by Gasteiger charge is -2.21. The Morgan fingerprint density at radius 1 is 1.18 bits per heavy atom. The van der Waals surface area contributed by atoms with Gasteiger partial charge in [-0.2, -0.15) is 0 Å². The van der Waals surface area contributed by atoms with E-state index in [1.165, 1.54) is 12.8 Å². The van der Waals surface area contributed by atoms with Crippen molar-refractivity contribution in [3.05, 3.63) is 11.8 Å². The van der Waals surface area contributed by atoms with E-state index in [0.29, 0.717) is 18.5 Å². The van der Waals surface area contributed by atoms with Crippen LogP contribution in [-0.4, -0.2) is 29.5 Å². The van der Waals surface area contributed by atoms with Crippen LogP contribution in [0.15, 0.2) is 4.42 Å². The molecule has 2 rings (SSSR count). The largest absolute Gasteiger partial charge is 0.425 e. The lowest BCUT2D eigenvalue weighted by Crippen LogP contribution is -2.19. The standard InChI is InChI=1S/C12H21N3O2/c13-8-3-5-11-14-15-12(17-11)7-6-10-4-1-2-9-16-10/h10H,1-9,13H2. The summed E-state index contributed by atoms with van der Waals surface area (Å²) in [7, 11) is 0. The van der Waals surface area contributed by atoms with E-state index in [0.717, 1.165) is 44.6 Å². The topological polar surface area (TPSA) is 74.2 Å². The predicted octanol–water partition coefficient (Wildman–Crippen LogP) is 1.46. The zero-order valence-corrected chi connectivity index (χ0v) is 10.2. The molecule has 1 aromatic heterocycles. The molecule has 5 nitrogen and oxygen atoms in total. The van der Waals surface area contributed by atoms with Gasteiger partial charge in [0.05, 0.1) is 6.10 Å². The Balaban J connectivity index is 1.72. The van der Waals surface area contributed by atoms with Gasteiger partial charge in [-0.25, -0.2) is 0 Å². The molecule has 1 saturated heterocycles. The molecule has 2 heterocycles. The van der Waals surface area contributed by atoms with E-state index < -0.39 is 0 Å². The Bertz CT molecular complexity index is 321. The molecule has 1 aliphatic heterocycles. The lowest BCUT2D eigenvalue weighted by molar-refractivity contribution is 0.0105. The highest BCUT2D eigenvalue weighted by molar-refractivity contribution is 4.83. The van der Waals surface area contributed by atoms with Gasteiger partial charge in [-0.3, -0.25) is 0 Å². The Morgan fingerprint density at radius 3 is 2.71 bits per heavy atom. The van der Waals surface area contributed by atoms with Crippen LogP contribution in [-0.2, 0) is 17.6 Å². The van der Waals surface area contributed by atoms with Crippen LogP contribution in [0.4, 0.5) is 0 Å². The molecule has 1 atom stereocenters. The fourth-order valence-electron chi connectivity index (χ4n) is 2.06. The van der Waals surface area contributed by atoms with E-state index in [-0.39, 0.29) is 0 Å². The van der Waals surface area contributed by atoms with Crippen LogP contribution in [0.25, 0.3) is 0 Å². The lowest BCUT2D eigenvalue weighted by atomic mass is 10.0. The van der Waals surface area contributed by atoms with Gasteiger partial charge in [0.15, 0.2) is 0 Å². The SMILES string of the molecule is NCCCc1nnc(CCC2CCCCO2)o1. The summed E-state index contributed by atoms with van der Waals surface area (Å²) in [6, 6.07) is 0. The van der Waals surface area contributed by atoms with Crippen LogP contribution >= 0.6 is 0 Å². The molecule has 1 aromatic rings. The fourth-order valence-corrected chi connectivity index (χ4v) is 2.06. The summed E-state index contributed by atoms with van der Waals surface area (Å²) >= 11 is 0. The first-order valence-corrected chi connectivity index (χ1v) is 6.51. The summed E-state index contributed by atoms with van der Waals surface area (Å²) in [5.74, 6) is 1.43. The van der Waals surface area contributed by atoms with E-state index in [9.17, 15) is 0 Å². The Morgan fingerprint density at radius 2 is 2.00 bits per heavy atom. The van der Waals surface area contributed by atoms with Gasteiger partial charge < -0.3 is 14.9 Å². The number of nitrogens with zero attached hydrogens (tertiary/aromatic N) is 2. The molecule has 1 aliphatic rings. The van der Waals surface area contributed by atoms with Gasteiger partial charge in [0, 0.05) is 19.4 Å². The molecular weight excluding hydrogens is 218 g/mol. The molecule has 0 aromatic carbocycles. The summed E-state index contributed by atoms with van der Waals surface area (Å²) in [6.07, 6.45) is 7.49. The second kappa shape index (κ2) is 6.71. The summed E-state index contributed by atoms with van der Waals surface area (Å²) in [6.45, 7) is 1.56. The van der Waals surface area contributed by atoms with Gasteiger partial charge in [-0.15, -0.1) is 10.2 Å². The smallest absolute Gasteiger partial charge is 0.216 e. The quantitative estimate of drug-likeness (QED) is 0.813. The maximum Gasteiger partial charge on any atom is 0.216 e. The fraction of sp³-hybridized carbons (Fsp3) is 0.833. The molecular formula is C12H21N3O2. The van der Waals surface area contributed by atoms with Gasteiger partial charge >= 0.3 is 0 Å². The molecule has 0 bridgehead atoms. The van der Waals surface area contributed by atoms with Gasteiger partial charge in [-0.1, -0.05) is 0 Å². The zero-order valence-electron chi connectivity index (χ0n) is 10.2. The van der Waals surface area contributed by atoms with Crippen molar-refractivity contribution in [1.82, 2.24) is 10.2 Å². The zero-order chi connectivity index (χ0) is 11.9. The predicted molar refractivity (Wildman–Crippen MR) is 63.6 cm³/mol. The van der Waals surface area contributed by atoms with E-state index in [2.05, 4.69) is 10.2 Å². The monoisotopic (exact) mass is 239 g/mol. The third-order valence-corrected chi connectivity index (χ3v) is 3.06. The number of hydrogen-bond acceptors (Lipinski definition) is 5. The second-order valence-corrected chi connectivity index (χ2v) is 4.51. The molecule has 5 heteroatoms. The molecule has 0 radical (unpaired) electrons. The molecule has 17 heavy (non-hydrogen) atoms. The van der Waals surface area contributed by atoms with Crippen LogP contribution in [0.2, 0.25) is 0 Å². The van der Waals surface area contributed by atoms with Crippen LogP contribution in [0.5, 0.6) is 0 Å². The molecule has 1 unspecified atom stereocenters. The van der Waals surface area contributed by atoms with E-state index in [1.807, 2.05) is 0 Å². The van der Waals surface area contributed by atoms with Crippen molar-refractivity contribution >= 4 is 0 Å². The highest BCUT2D eigenvalue weighted by Crippen LogP contribution is 2.17. The Labute approximate surface area is 102 Å². The number of aryl methyl sites for hydroxylation is 2. The third-order valence-electron chi connectivity index (χ3n) is 3.06. The van der Waals surface area contributed by atoms with Gasteiger partial charge in [0.25, 0.3) is 0 Å². The molecule has 96 valence electrons. The van der Waals surface area contributed by atoms with E-state index in [1.54, 1.807) is 0 Å². The van der Waals surface area contributed by atoms with E-state index in [4.69, 9.17) is 14.9 Å². The van der Waals surface area contributed by atoms with Crippen LogP contribution in [0, 0.1) is 0 Å². The Hall–Kier alpha value is -0.940. The highest BCUT2D eigenvalue weighted by atomic mass is 16.5. The first-order valence-electron chi connectivity index (χ1n) is 6.51. The van der Waals surface area contributed by atoms with Crippen molar-refractivity contribution in [2.45, 2.75) is 51.0 Å². The van der Waals surface area contributed by atoms with Crippen molar-refractivity contribution in [3.8, 4) is 0 Å². The van der Waals surface area contributed by atoms with Crippen LogP contribution in [0.3, 0.4) is 0 Å². The van der Waals surface area contributed by atoms with Crippen molar-refractivity contribution in [2.75, 3.05) is 13.2 Å². The molecule has 0 saturated carbocycles. The number of aromatic nitrogens is 2. The summed E-state index contributed by atoms with van der Waals surface area (Å²) in [4.78, 5) is 0. The summed E-state index contributed by atoms with van der Waals surface area (Å²) in [5.41, 5.74) is 5.43. The maximum atomic E-state index is 5.66. The maximum absolute atomic E-state index is 5.66. The molecule has 0 spiro atoms. The van der Waals surface area contributed by atoms with Crippen molar-refractivity contribution in [2.24, 2.45) is 5.73 Å². The second-order valence-electron chi connectivity index (χ2n) is 4.51. The average Bonchev–Trinajstić information content (AvgIpc) is 2.83. The molecule has 0 aliphatic carbocycles. The molecule has 0 amide bonds. The number of nitrogens with two attached hydrogens (primary N) is 1. The number of hydrogen-bond donors (Lipinski definition) is 1. The summed E-state index contributed by atoms with van der Waals surface area (Å²) < 4.78 is 11.2.